The van der Waals surface area contributed by atoms with Crippen LogP contribution in [0.15, 0.2) is 34.5 Å². The summed E-state index contributed by atoms with van der Waals surface area (Å²) in [6, 6.07) is 4.01. The molecule has 0 fully saturated rings. The van der Waals surface area contributed by atoms with Gasteiger partial charge in [-0.25, -0.2) is 0 Å². The fourth-order valence-electron chi connectivity index (χ4n) is 1.57. The molecular formula is C10H6N2. The van der Waals surface area contributed by atoms with Gasteiger partial charge in [-0.15, -0.1) is 0 Å². The molecule has 0 radical (unpaired) electrons. The number of hydrogen-bond donors (Lipinski definition) is 0. The Morgan fingerprint density at radius 3 is 1.75 bits per heavy atom. The lowest BCUT2D eigenvalue weighted by molar-refractivity contribution is 1.32. The zero-order chi connectivity index (χ0) is 7.97. The lowest BCUT2D eigenvalue weighted by Gasteiger charge is -1.94. The molecule has 0 saturated carbocycles. The summed E-state index contributed by atoms with van der Waals surface area (Å²) in [7, 11) is 0. The molecule has 56 valence electrons. The maximum Gasteiger partial charge on any atom is 0.0710 e. The lowest BCUT2D eigenvalue weighted by atomic mass is 10.1. The van der Waals surface area contributed by atoms with Crippen LogP contribution in [0.3, 0.4) is 0 Å². The van der Waals surface area contributed by atoms with Gasteiger partial charge in [0.15, 0.2) is 0 Å². The molecule has 2 nitrogen and oxygen atoms in total. The van der Waals surface area contributed by atoms with E-state index in [1.807, 2.05) is 36.7 Å². The zero-order valence-electron chi connectivity index (χ0n) is 6.36. The molecule has 3 rings (SSSR count). The topological polar surface area (TPSA) is 24.7 Å². The van der Waals surface area contributed by atoms with E-state index in [1.54, 1.807) is 0 Å². The summed E-state index contributed by atoms with van der Waals surface area (Å²) in [4.78, 5) is 8.44. The number of benzene rings is 1. The molecule has 2 aliphatic rings. The number of hydrogen-bond acceptors (Lipinski definition) is 2. The minimum Gasteiger partial charge on any atom is -0.256 e. The van der Waals surface area contributed by atoms with Crippen LogP contribution in [0.5, 0.6) is 0 Å². The van der Waals surface area contributed by atoms with E-state index < -0.39 is 0 Å². The highest BCUT2D eigenvalue weighted by atomic mass is 14.7. The Kier molecular flexibility index (Phi) is 0.939. The van der Waals surface area contributed by atoms with Crippen molar-refractivity contribution in [2.45, 2.75) is 0 Å². The van der Waals surface area contributed by atoms with E-state index in [0.717, 1.165) is 10.7 Å². The highest BCUT2D eigenvalue weighted by Crippen LogP contribution is 2.10. The Labute approximate surface area is 69.3 Å². The quantitative estimate of drug-likeness (QED) is 0.530. The summed E-state index contributed by atoms with van der Waals surface area (Å²) in [6.45, 7) is 0. The van der Waals surface area contributed by atoms with Crippen LogP contribution < -0.4 is 10.7 Å². The van der Waals surface area contributed by atoms with E-state index in [-0.39, 0.29) is 0 Å². The van der Waals surface area contributed by atoms with Gasteiger partial charge in [0, 0.05) is 23.5 Å². The van der Waals surface area contributed by atoms with E-state index in [9.17, 15) is 0 Å². The van der Waals surface area contributed by atoms with E-state index in [4.69, 9.17) is 0 Å². The first kappa shape index (κ1) is 5.89. The highest BCUT2D eigenvalue weighted by Gasteiger charge is 2.07. The maximum atomic E-state index is 4.22. The van der Waals surface area contributed by atoms with Crippen molar-refractivity contribution in [3.63, 3.8) is 0 Å². The van der Waals surface area contributed by atoms with Gasteiger partial charge in [0.25, 0.3) is 0 Å². The molecule has 0 atom stereocenters. The standard InChI is InChI=1S/C10H6N2/c1-2-10-8(4-6-12-10)7-3-5-11-9(1)7/h1-6H. The van der Waals surface area contributed by atoms with Crippen LogP contribution in [0.1, 0.15) is 11.1 Å². The molecule has 0 N–H and O–H groups in total. The van der Waals surface area contributed by atoms with Crippen molar-refractivity contribution >= 4 is 12.2 Å². The third-order valence-electron chi connectivity index (χ3n) is 2.15. The summed E-state index contributed by atoms with van der Waals surface area (Å²) < 4.78 is 0. The zero-order valence-corrected chi connectivity index (χ0v) is 6.36. The minimum atomic E-state index is 1.05. The maximum absolute atomic E-state index is 4.22. The molecule has 1 aromatic rings. The van der Waals surface area contributed by atoms with Crippen molar-refractivity contribution in [2.24, 2.45) is 9.98 Å². The Morgan fingerprint density at radius 2 is 1.25 bits per heavy atom. The molecule has 0 aliphatic carbocycles. The Hall–Kier alpha value is -1.70. The molecule has 0 bridgehead atoms. The second-order valence-corrected chi connectivity index (χ2v) is 2.82. The Balaban J connectivity index is 2.57. The van der Waals surface area contributed by atoms with Crippen LogP contribution in [0.25, 0.3) is 12.2 Å². The molecule has 12 heavy (non-hydrogen) atoms. The van der Waals surface area contributed by atoms with Crippen LogP contribution in [0, 0.1) is 0 Å². The summed E-state index contributed by atoms with van der Waals surface area (Å²) in [5.74, 6) is 0. The Morgan fingerprint density at radius 1 is 0.750 bits per heavy atom. The number of fused-ring (bicyclic) bond motifs is 3. The predicted octanol–water partition coefficient (Wildman–Crippen LogP) is 0.894. The van der Waals surface area contributed by atoms with Crippen LogP contribution in [0.2, 0.25) is 0 Å². The van der Waals surface area contributed by atoms with Crippen LogP contribution >= 0.6 is 0 Å². The monoisotopic (exact) mass is 154 g/mol. The average Bonchev–Trinajstić information content (AvgIpc) is 2.71. The van der Waals surface area contributed by atoms with Crippen LogP contribution in [-0.2, 0) is 0 Å². The first-order valence-electron chi connectivity index (χ1n) is 3.87. The van der Waals surface area contributed by atoms with Crippen molar-refractivity contribution in [3.05, 3.63) is 46.4 Å². The van der Waals surface area contributed by atoms with Gasteiger partial charge in [-0.2, -0.15) is 0 Å². The fraction of sp³-hybridized carbons (Fsp3) is 0. The van der Waals surface area contributed by atoms with Gasteiger partial charge in [0.1, 0.15) is 0 Å². The first-order chi connectivity index (χ1) is 5.95. The van der Waals surface area contributed by atoms with Gasteiger partial charge in [-0.05, 0) is 24.3 Å². The molecule has 2 aliphatic heterocycles. The van der Waals surface area contributed by atoms with Crippen molar-refractivity contribution in [1.29, 1.82) is 0 Å². The first-order valence-corrected chi connectivity index (χ1v) is 3.87. The van der Waals surface area contributed by atoms with Gasteiger partial charge in [0.05, 0.1) is 10.7 Å². The van der Waals surface area contributed by atoms with Crippen LogP contribution in [-0.4, -0.2) is 0 Å². The summed E-state index contributed by atoms with van der Waals surface area (Å²) in [6.07, 6.45) is 7.72. The predicted molar refractivity (Wildman–Crippen MR) is 46.8 cm³/mol. The summed E-state index contributed by atoms with van der Waals surface area (Å²) in [5.41, 5.74) is 2.40. The van der Waals surface area contributed by atoms with E-state index >= 15 is 0 Å². The molecule has 0 amide bonds. The van der Waals surface area contributed by atoms with E-state index in [1.165, 1.54) is 11.1 Å². The normalized spacial score (nSPS) is 15.3. The molecule has 1 aromatic carbocycles. The van der Waals surface area contributed by atoms with Gasteiger partial charge in [-0.3, -0.25) is 9.98 Å². The lowest BCUT2D eigenvalue weighted by Crippen LogP contribution is -2.13. The van der Waals surface area contributed by atoms with Gasteiger partial charge >= 0.3 is 0 Å². The number of rotatable bonds is 0. The second kappa shape index (κ2) is 1.91. The van der Waals surface area contributed by atoms with Crippen LogP contribution in [0.4, 0.5) is 0 Å². The molecular weight excluding hydrogens is 148 g/mol. The van der Waals surface area contributed by atoms with Crippen molar-refractivity contribution in [2.75, 3.05) is 0 Å². The van der Waals surface area contributed by atoms with Crippen molar-refractivity contribution in [1.82, 2.24) is 0 Å². The molecule has 0 saturated heterocycles. The molecule has 0 unspecified atom stereocenters. The second-order valence-electron chi connectivity index (χ2n) is 2.82. The van der Waals surface area contributed by atoms with Crippen molar-refractivity contribution < 1.29 is 0 Å². The van der Waals surface area contributed by atoms with E-state index in [0.29, 0.717) is 0 Å². The largest absolute Gasteiger partial charge is 0.256 e. The van der Waals surface area contributed by atoms with Gasteiger partial charge in [0.2, 0.25) is 0 Å². The molecule has 0 aromatic heterocycles. The fourth-order valence-corrected chi connectivity index (χ4v) is 1.57. The summed E-state index contributed by atoms with van der Waals surface area (Å²) in [5, 5.41) is 2.10. The SMILES string of the molecule is C1=Cc2c3c(ccc2=N1)=NC=C3. The van der Waals surface area contributed by atoms with Crippen molar-refractivity contribution in [3.8, 4) is 0 Å². The smallest absolute Gasteiger partial charge is 0.0710 e. The average molecular weight is 154 g/mol. The minimum absolute atomic E-state index is 1.05. The third kappa shape index (κ3) is 0.593. The summed E-state index contributed by atoms with van der Waals surface area (Å²) >= 11 is 0. The highest BCUT2D eigenvalue weighted by molar-refractivity contribution is 5.67. The molecule has 2 heteroatoms. The molecule has 2 heterocycles. The van der Waals surface area contributed by atoms with E-state index in [2.05, 4.69) is 9.98 Å². The van der Waals surface area contributed by atoms with Gasteiger partial charge < -0.3 is 0 Å². The van der Waals surface area contributed by atoms with Gasteiger partial charge in [-0.1, -0.05) is 0 Å². The number of nitrogens with zero attached hydrogens (tertiary/aromatic N) is 2. The third-order valence-corrected chi connectivity index (χ3v) is 2.15. The Bertz CT molecular complexity index is 473. The molecule has 0 spiro atoms.